The van der Waals surface area contributed by atoms with E-state index < -0.39 is 0 Å². The van der Waals surface area contributed by atoms with Crippen LogP contribution in [0.25, 0.3) is 0 Å². The van der Waals surface area contributed by atoms with Crippen LogP contribution in [-0.4, -0.2) is 25.4 Å². The van der Waals surface area contributed by atoms with Crippen molar-refractivity contribution in [3.8, 4) is 0 Å². The molecule has 0 N–H and O–H groups in total. The zero-order valence-corrected chi connectivity index (χ0v) is 9.21. The minimum atomic E-state index is 0.434. The van der Waals surface area contributed by atoms with E-state index in [1.54, 1.807) is 0 Å². The van der Waals surface area contributed by atoms with Crippen LogP contribution in [0.4, 0.5) is 0 Å². The van der Waals surface area contributed by atoms with Crippen LogP contribution in [0.2, 0.25) is 0 Å². The van der Waals surface area contributed by atoms with Gasteiger partial charge in [-0.1, -0.05) is 19.8 Å². The predicted molar refractivity (Wildman–Crippen MR) is 56.3 cm³/mol. The van der Waals surface area contributed by atoms with E-state index in [1.165, 1.54) is 38.5 Å². The van der Waals surface area contributed by atoms with E-state index in [1.807, 2.05) is 0 Å². The highest BCUT2D eigenvalue weighted by molar-refractivity contribution is 4.74. The molecule has 0 aromatic carbocycles. The average molecular weight is 198 g/mol. The third kappa shape index (κ3) is 3.25. The van der Waals surface area contributed by atoms with Crippen LogP contribution in [0, 0.1) is 5.92 Å². The summed E-state index contributed by atoms with van der Waals surface area (Å²) in [5.41, 5.74) is 0. The zero-order valence-electron chi connectivity index (χ0n) is 9.21. The van der Waals surface area contributed by atoms with Gasteiger partial charge in [-0.2, -0.15) is 0 Å². The first kappa shape index (κ1) is 10.4. The largest absolute Gasteiger partial charge is 0.375 e. The lowest BCUT2D eigenvalue weighted by Gasteiger charge is -2.28. The molecule has 2 aliphatic rings. The quantitative estimate of drug-likeness (QED) is 0.634. The van der Waals surface area contributed by atoms with Crippen molar-refractivity contribution < 1.29 is 9.47 Å². The Bertz CT molecular complexity index is 158. The molecule has 1 saturated carbocycles. The molecule has 0 spiro atoms. The lowest BCUT2D eigenvalue weighted by Crippen LogP contribution is -2.23. The molecule has 1 heterocycles. The second kappa shape index (κ2) is 5.13. The molecule has 82 valence electrons. The van der Waals surface area contributed by atoms with E-state index in [2.05, 4.69) is 6.92 Å². The third-order valence-corrected chi connectivity index (χ3v) is 3.41. The van der Waals surface area contributed by atoms with Crippen molar-refractivity contribution in [2.45, 2.75) is 57.7 Å². The topological polar surface area (TPSA) is 21.8 Å². The molecule has 2 rings (SSSR count). The van der Waals surface area contributed by atoms with Crippen molar-refractivity contribution in [1.82, 2.24) is 0 Å². The van der Waals surface area contributed by atoms with E-state index in [-0.39, 0.29) is 0 Å². The summed E-state index contributed by atoms with van der Waals surface area (Å²) in [6.07, 6.45) is 9.03. The maximum atomic E-state index is 5.81. The fourth-order valence-corrected chi connectivity index (χ4v) is 2.40. The fourth-order valence-electron chi connectivity index (χ4n) is 2.40. The molecule has 1 unspecified atom stereocenters. The van der Waals surface area contributed by atoms with Crippen LogP contribution in [0.1, 0.15) is 45.4 Å². The highest BCUT2D eigenvalue weighted by atomic mass is 16.6. The van der Waals surface area contributed by atoms with Gasteiger partial charge in [0.05, 0.1) is 19.3 Å². The summed E-state index contributed by atoms with van der Waals surface area (Å²) >= 11 is 0. The molecule has 1 atom stereocenters. The Hall–Kier alpha value is -0.0800. The normalized spacial score (nSPS) is 37.1. The van der Waals surface area contributed by atoms with Gasteiger partial charge in [-0.15, -0.1) is 0 Å². The third-order valence-electron chi connectivity index (χ3n) is 3.41. The highest BCUT2D eigenvalue weighted by Crippen LogP contribution is 2.29. The summed E-state index contributed by atoms with van der Waals surface area (Å²) in [4.78, 5) is 0. The molecule has 1 aliphatic heterocycles. The SMILES string of the molecule is CCCC1CCC(OCC2CO2)CC1. The van der Waals surface area contributed by atoms with Gasteiger partial charge in [-0.05, 0) is 31.6 Å². The molecule has 1 aliphatic carbocycles. The summed E-state index contributed by atoms with van der Waals surface area (Å²) in [7, 11) is 0. The summed E-state index contributed by atoms with van der Waals surface area (Å²) in [6, 6.07) is 0. The monoisotopic (exact) mass is 198 g/mol. The van der Waals surface area contributed by atoms with Crippen molar-refractivity contribution in [3.63, 3.8) is 0 Å². The first-order valence-electron chi connectivity index (χ1n) is 6.11. The van der Waals surface area contributed by atoms with Gasteiger partial charge >= 0.3 is 0 Å². The Balaban J connectivity index is 1.57. The molecule has 14 heavy (non-hydrogen) atoms. The van der Waals surface area contributed by atoms with Crippen LogP contribution >= 0.6 is 0 Å². The Labute approximate surface area is 87.0 Å². The standard InChI is InChI=1S/C12H22O2/c1-2-3-10-4-6-11(7-5-10)13-8-12-9-14-12/h10-12H,2-9H2,1H3. The van der Waals surface area contributed by atoms with Gasteiger partial charge in [0.15, 0.2) is 0 Å². The summed E-state index contributed by atoms with van der Waals surface area (Å²) in [5.74, 6) is 0.983. The first-order valence-corrected chi connectivity index (χ1v) is 6.11. The van der Waals surface area contributed by atoms with Crippen molar-refractivity contribution in [3.05, 3.63) is 0 Å². The average Bonchev–Trinajstić information content (AvgIpc) is 3.01. The molecule has 2 heteroatoms. The maximum Gasteiger partial charge on any atom is 0.104 e. The van der Waals surface area contributed by atoms with Gasteiger partial charge in [0, 0.05) is 0 Å². The molecule has 2 nitrogen and oxygen atoms in total. The smallest absolute Gasteiger partial charge is 0.104 e. The van der Waals surface area contributed by atoms with Crippen molar-refractivity contribution in [2.75, 3.05) is 13.2 Å². The molecular weight excluding hydrogens is 176 g/mol. The van der Waals surface area contributed by atoms with Gasteiger partial charge in [-0.25, -0.2) is 0 Å². The van der Waals surface area contributed by atoms with Crippen LogP contribution in [0.15, 0.2) is 0 Å². The Morgan fingerprint density at radius 3 is 2.50 bits per heavy atom. The van der Waals surface area contributed by atoms with Gasteiger partial charge in [-0.3, -0.25) is 0 Å². The van der Waals surface area contributed by atoms with Gasteiger partial charge in [0.2, 0.25) is 0 Å². The number of epoxide rings is 1. The number of ether oxygens (including phenoxy) is 2. The van der Waals surface area contributed by atoms with Crippen molar-refractivity contribution >= 4 is 0 Å². The zero-order chi connectivity index (χ0) is 9.80. The van der Waals surface area contributed by atoms with E-state index >= 15 is 0 Å². The van der Waals surface area contributed by atoms with Crippen molar-refractivity contribution in [2.24, 2.45) is 5.92 Å². The van der Waals surface area contributed by atoms with Crippen molar-refractivity contribution in [1.29, 1.82) is 0 Å². The highest BCUT2D eigenvalue weighted by Gasteiger charge is 2.26. The molecule has 2 fully saturated rings. The Morgan fingerprint density at radius 2 is 1.93 bits per heavy atom. The molecule has 1 saturated heterocycles. The van der Waals surface area contributed by atoms with Crippen LogP contribution in [0.5, 0.6) is 0 Å². The number of hydrogen-bond donors (Lipinski definition) is 0. The van der Waals surface area contributed by atoms with E-state index in [0.29, 0.717) is 12.2 Å². The second-order valence-electron chi connectivity index (χ2n) is 4.72. The van der Waals surface area contributed by atoms with Crippen LogP contribution < -0.4 is 0 Å². The number of rotatable bonds is 5. The first-order chi connectivity index (χ1) is 6.88. The van der Waals surface area contributed by atoms with Gasteiger partial charge in [0.25, 0.3) is 0 Å². The van der Waals surface area contributed by atoms with Crippen LogP contribution in [-0.2, 0) is 9.47 Å². The number of hydrogen-bond acceptors (Lipinski definition) is 2. The van der Waals surface area contributed by atoms with Crippen LogP contribution in [0.3, 0.4) is 0 Å². The van der Waals surface area contributed by atoms with Gasteiger partial charge in [0.1, 0.15) is 6.10 Å². The molecule has 0 aromatic heterocycles. The molecule has 0 amide bonds. The Morgan fingerprint density at radius 1 is 1.21 bits per heavy atom. The van der Waals surface area contributed by atoms with E-state index in [4.69, 9.17) is 9.47 Å². The molecule has 0 radical (unpaired) electrons. The summed E-state index contributed by atoms with van der Waals surface area (Å²) in [6.45, 7) is 4.04. The minimum Gasteiger partial charge on any atom is -0.375 e. The predicted octanol–water partition coefficient (Wildman–Crippen LogP) is 2.76. The molecule has 0 bridgehead atoms. The van der Waals surface area contributed by atoms with Gasteiger partial charge < -0.3 is 9.47 Å². The molecule has 0 aromatic rings. The van der Waals surface area contributed by atoms with E-state index in [9.17, 15) is 0 Å². The minimum absolute atomic E-state index is 0.434. The lowest BCUT2D eigenvalue weighted by atomic mass is 9.85. The molecular formula is C12H22O2. The summed E-state index contributed by atoms with van der Waals surface area (Å²) < 4.78 is 10.9. The lowest BCUT2D eigenvalue weighted by molar-refractivity contribution is 0.00963. The Kier molecular flexibility index (Phi) is 3.82. The summed E-state index contributed by atoms with van der Waals surface area (Å²) in [5, 5.41) is 0. The fraction of sp³-hybridized carbons (Fsp3) is 1.00. The van der Waals surface area contributed by atoms with E-state index in [0.717, 1.165) is 19.1 Å². The second-order valence-corrected chi connectivity index (χ2v) is 4.72. The maximum absolute atomic E-state index is 5.81.